The van der Waals surface area contributed by atoms with Crippen LogP contribution in [0.25, 0.3) is 6.08 Å². The summed E-state index contributed by atoms with van der Waals surface area (Å²) in [4.78, 5) is 0. The van der Waals surface area contributed by atoms with E-state index in [1.807, 2.05) is 24.3 Å². The maximum absolute atomic E-state index is 10.9. The zero-order chi connectivity index (χ0) is 9.84. The molecule has 0 N–H and O–H groups in total. The molecule has 1 rings (SSSR count). The van der Waals surface area contributed by atoms with Crippen LogP contribution in [0.2, 0.25) is 0 Å². The summed E-state index contributed by atoms with van der Waals surface area (Å²) in [5.41, 5.74) is 0.948. The second-order valence-electron chi connectivity index (χ2n) is 2.45. The Morgan fingerprint density at radius 3 is 2.46 bits per heavy atom. The Morgan fingerprint density at radius 1 is 1.46 bits per heavy atom. The molecule has 0 aliphatic carbocycles. The first-order valence-electron chi connectivity index (χ1n) is 3.56. The molecule has 0 saturated carbocycles. The lowest BCUT2D eigenvalue weighted by molar-refractivity contribution is 0.691. The first kappa shape index (κ1) is 11.0. The highest BCUT2D eigenvalue weighted by molar-refractivity contribution is 9.10. The fourth-order valence-corrected chi connectivity index (χ4v) is 1.47. The molecular formula is C9H8BrClOS. The van der Waals surface area contributed by atoms with E-state index in [0.29, 0.717) is 4.36 Å². The van der Waals surface area contributed by atoms with E-state index in [9.17, 15) is 4.21 Å². The van der Waals surface area contributed by atoms with E-state index in [2.05, 4.69) is 15.9 Å². The summed E-state index contributed by atoms with van der Waals surface area (Å²) in [6, 6.07) is 7.63. The molecule has 13 heavy (non-hydrogen) atoms. The summed E-state index contributed by atoms with van der Waals surface area (Å²) in [5.74, 6) is 0. The largest absolute Gasteiger partial charge is 0.254 e. The van der Waals surface area contributed by atoms with E-state index in [4.69, 9.17) is 11.6 Å². The summed E-state index contributed by atoms with van der Waals surface area (Å²) in [6.07, 6.45) is 3.25. The molecule has 4 heteroatoms. The van der Waals surface area contributed by atoms with Gasteiger partial charge in [-0.2, -0.15) is 0 Å². The number of hydrogen-bond acceptors (Lipinski definition) is 1. The fourth-order valence-electron chi connectivity index (χ4n) is 0.773. The smallest absolute Gasteiger partial charge is 0.105 e. The Kier molecular flexibility index (Phi) is 4.16. The molecule has 0 bridgehead atoms. The fraction of sp³-hybridized carbons (Fsp3) is 0.111. The van der Waals surface area contributed by atoms with Crippen LogP contribution in [-0.2, 0) is 10.8 Å². The standard InChI is InChI=1S/C9H8BrClOS/c1-13(12)9(11)6-7-2-4-8(10)5-3-7/h2-6H,1H3/b9-6+/t13-/m1/s1. The van der Waals surface area contributed by atoms with Crippen molar-refractivity contribution in [2.45, 2.75) is 0 Å². The quantitative estimate of drug-likeness (QED) is 0.811. The second kappa shape index (κ2) is 4.94. The van der Waals surface area contributed by atoms with Crippen molar-refractivity contribution in [2.75, 3.05) is 6.26 Å². The third kappa shape index (κ3) is 3.63. The summed E-state index contributed by atoms with van der Waals surface area (Å²) in [5, 5.41) is 0. The highest BCUT2D eigenvalue weighted by atomic mass is 79.9. The molecule has 0 fully saturated rings. The first-order chi connectivity index (χ1) is 6.09. The predicted molar refractivity (Wildman–Crippen MR) is 62.0 cm³/mol. The zero-order valence-corrected chi connectivity index (χ0v) is 10.1. The van der Waals surface area contributed by atoms with Crippen LogP contribution in [0.5, 0.6) is 0 Å². The molecule has 0 heterocycles. The van der Waals surface area contributed by atoms with Crippen LogP contribution in [-0.4, -0.2) is 10.5 Å². The molecule has 0 amide bonds. The van der Waals surface area contributed by atoms with Gasteiger partial charge in [0.05, 0.1) is 10.8 Å². The van der Waals surface area contributed by atoms with E-state index < -0.39 is 10.8 Å². The molecule has 0 radical (unpaired) electrons. The first-order valence-corrected chi connectivity index (χ1v) is 6.28. The Bertz CT molecular complexity index is 345. The van der Waals surface area contributed by atoms with Crippen LogP contribution in [0, 0.1) is 0 Å². The van der Waals surface area contributed by atoms with Crippen LogP contribution in [0.4, 0.5) is 0 Å². The number of rotatable bonds is 2. The van der Waals surface area contributed by atoms with Crippen molar-refractivity contribution < 1.29 is 4.21 Å². The number of hydrogen-bond donors (Lipinski definition) is 0. The van der Waals surface area contributed by atoms with Gasteiger partial charge in [0, 0.05) is 10.7 Å². The van der Waals surface area contributed by atoms with Gasteiger partial charge in [-0.25, -0.2) is 0 Å². The van der Waals surface area contributed by atoms with Gasteiger partial charge in [-0.15, -0.1) is 0 Å². The lowest BCUT2D eigenvalue weighted by Crippen LogP contribution is -1.83. The normalized spacial score (nSPS) is 14.2. The average Bonchev–Trinajstić information content (AvgIpc) is 2.08. The monoisotopic (exact) mass is 278 g/mol. The van der Waals surface area contributed by atoms with Crippen molar-refractivity contribution in [3.05, 3.63) is 38.7 Å². The lowest BCUT2D eigenvalue weighted by Gasteiger charge is -1.95. The highest BCUT2D eigenvalue weighted by Gasteiger charge is 1.97. The molecule has 0 spiro atoms. The van der Waals surface area contributed by atoms with Crippen molar-refractivity contribution in [2.24, 2.45) is 0 Å². The SMILES string of the molecule is C[S@@](=O)/C(Cl)=C/c1ccc(Br)cc1. The summed E-state index contributed by atoms with van der Waals surface area (Å²) < 4.78 is 12.3. The summed E-state index contributed by atoms with van der Waals surface area (Å²) >= 11 is 9.07. The molecule has 1 aromatic rings. The van der Waals surface area contributed by atoms with E-state index in [0.717, 1.165) is 10.0 Å². The van der Waals surface area contributed by atoms with Gasteiger partial charge in [-0.1, -0.05) is 39.7 Å². The average molecular weight is 280 g/mol. The van der Waals surface area contributed by atoms with Crippen molar-refractivity contribution in [3.63, 3.8) is 0 Å². The zero-order valence-electron chi connectivity index (χ0n) is 6.96. The minimum absolute atomic E-state index is 0.363. The molecule has 0 saturated heterocycles. The molecule has 0 aromatic heterocycles. The molecule has 70 valence electrons. The maximum Gasteiger partial charge on any atom is 0.105 e. The van der Waals surface area contributed by atoms with E-state index >= 15 is 0 Å². The Labute approximate surface area is 93.4 Å². The van der Waals surface area contributed by atoms with Crippen LogP contribution in [0.1, 0.15) is 5.56 Å². The molecule has 1 atom stereocenters. The van der Waals surface area contributed by atoms with Crippen LogP contribution >= 0.6 is 27.5 Å². The third-order valence-corrected chi connectivity index (χ3v) is 3.38. The second-order valence-corrected chi connectivity index (χ2v) is 5.35. The van der Waals surface area contributed by atoms with Gasteiger partial charge in [-0.3, -0.25) is 4.21 Å². The molecular weight excluding hydrogens is 272 g/mol. The van der Waals surface area contributed by atoms with Crippen molar-refractivity contribution >= 4 is 44.4 Å². The lowest BCUT2D eigenvalue weighted by atomic mass is 10.2. The van der Waals surface area contributed by atoms with E-state index in [1.165, 1.54) is 0 Å². The highest BCUT2D eigenvalue weighted by Crippen LogP contribution is 2.15. The van der Waals surface area contributed by atoms with Crippen molar-refractivity contribution in [3.8, 4) is 0 Å². The third-order valence-electron chi connectivity index (χ3n) is 1.42. The van der Waals surface area contributed by atoms with Gasteiger partial charge >= 0.3 is 0 Å². The summed E-state index contributed by atoms with van der Waals surface area (Å²) in [7, 11) is -1.10. The maximum atomic E-state index is 10.9. The Morgan fingerprint density at radius 2 is 2.00 bits per heavy atom. The molecule has 0 aliphatic heterocycles. The number of halogens is 2. The van der Waals surface area contributed by atoms with E-state index in [1.54, 1.807) is 12.3 Å². The Balaban J connectivity index is 2.92. The molecule has 1 aromatic carbocycles. The van der Waals surface area contributed by atoms with Crippen LogP contribution < -0.4 is 0 Å². The van der Waals surface area contributed by atoms with E-state index in [-0.39, 0.29) is 0 Å². The molecule has 1 nitrogen and oxygen atoms in total. The predicted octanol–water partition coefficient (Wildman–Crippen LogP) is 3.36. The topological polar surface area (TPSA) is 17.1 Å². The van der Waals surface area contributed by atoms with Crippen molar-refractivity contribution in [1.29, 1.82) is 0 Å². The van der Waals surface area contributed by atoms with Crippen molar-refractivity contribution in [1.82, 2.24) is 0 Å². The minimum atomic E-state index is -1.10. The summed E-state index contributed by atoms with van der Waals surface area (Å²) in [6.45, 7) is 0. The van der Waals surface area contributed by atoms with Gasteiger partial charge in [0.2, 0.25) is 0 Å². The van der Waals surface area contributed by atoms with Gasteiger partial charge in [0.15, 0.2) is 0 Å². The molecule has 0 unspecified atom stereocenters. The van der Waals surface area contributed by atoms with Crippen LogP contribution in [0.3, 0.4) is 0 Å². The Hall–Kier alpha value is -0.120. The van der Waals surface area contributed by atoms with Crippen LogP contribution in [0.15, 0.2) is 33.1 Å². The minimum Gasteiger partial charge on any atom is -0.254 e. The van der Waals surface area contributed by atoms with Gasteiger partial charge in [-0.05, 0) is 23.8 Å². The number of benzene rings is 1. The van der Waals surface area contributed by atoms with Gasteiger partial charge in [0.25, 0.3) is 0 Å². The van der Waals surface area contributed by atoms with Gasteiger partial charge < -0.3 is 0 Å². The van der Waals surface area contributed by atoms with Gasteiger partial charge in [0.1, 0.15) is 4.36 Å². The molecule has 0 aliphatic rings.